The molecule has 0 radical (unpaired) electrons. The molecule has 0 spiro atoms. The number of piperazine rings is 1. The molecule has 0 unspecified atom stereocenters. The number of furan rings is 1. The molecule has 0 aromatic carbocycles. The molecule has 1 saturated heterocycles. The Morgan fingerprint density at radius 1 is 1.18 bits per heavy atom. The SMILES string of the molecule is CCNC(=NCc1ccco1)NCCC(=O)N1CCN(c2ncccn2)CC1. The fraction of sp³-hybridized carbons (Fsp3) is 0.474. The van der Waals surface area contributed by atoms with Gasteiger partial charge in [0.2, 0.25) is 11.9 Å². The van der Waals surface area contributed by atoms with Gasteiger partial charge >= 0.3 is 0 Å². The fourth-order valence-electron chi connectivity index (χ4n) is 2.96. The maximum atomic E-state index is 12.5. The van der Waals surface area contributed by atoms with Gasteiger partial charge in [-0.1, -0.05) is 0 Å². The summed E-state index contributed by atoms with van der Waals surface area (Å²) < 4.78 is 5.29. The molecule has 2 N–H and O–H groups in total. The van der Waals surface area contributed by atoms with E-state index in [-0.39, 0.29) is 5.91 Å². The fourth-order valence-corrected chi connectivity index (χ4v) is 2.96. The van der Waals surface area contributed by atoms with E-state index in [1.165, 1.54) is 0 Å². The number of anilines is 1. The molecule has 2 aromatic rings. The third kappa shape index (κ3) is 5.70. The Labute approximate surface area is 164 Å². The molecular weight excluding hydrogens is 358 g/mol. The second-order valence-electron chi connectivity index (χ2n) is 6.37. The van der Waals surface area contributed by atoms with Gasteiger partial charge in [-0.25, -0.2) is 15.0 Å². The lowest BCUT2D eigenvalue weighted by atomic mass is 10.3. The number of hydrogen-bond acceptors (Lipinski definition) is 6. The van der Waals surface area contributed by atoms with Crippen molar-refractivity contribution in [2.75, 3.05) is 44.2 Å². The normalized spacial score (nSPS) is 14.8. The van der Waals surface area contributed by atoms with Crippen LogP contribution in [0.2, 0.25) is 0 Å². The van der Waals surface area contributed by atoms with Gasteiger partial charge in [-0.15, -0.1) is 0 Å². The lowest BCUT2D eigenvalue weighted by Gasteiger charge is -2.34. The van der Waals surface area contributed by atoms with Crippen molar-refractivity contribution in [1.29, 1.82) is 0 Å². The zero-order chi connectivity index (χ0) is 19.6. The van der Waals surface area contributed by atoms with Crippen molar-refractivity contribution < 1.29 is 9.21 Å². The van der Waals surface area contributed by atoms with Crippen LogP contribution in [0.5, 0.6) is 0 Å². The number of hydrogen-bond donors (Lipinski definition) is 2. The van der Waals surface area contributed by atoms with Crippen LogP contribution in [0.1, 0.15) is 19.1 Å². The lowest BCUT2D eigenvalue weighted by molar-refractivity contribution is -0.131. The number of aromatic nitrogens is 2. The van der Waals surface area contributed by atoms with Gasteiger partial charge in [-0.05, 0) is 25.1 Å². The first-order valence-corrected chi connectivity index (χ1v) is 9.60. The van der Waals surface area contributed by atoms with Gasteiger partial charge in [-0.2, -0.15) is 0 Å². The van der Waals surface area contributed by atoms with Crippen LogP contribution >= 0.6 is 0 Å². The number of guanidine groups is 1. The molecule has 0 aliphatic carbocycles. The first-order chi connectivity index (χ1) is 13.8. The molecule has 9 heteroatoms. The van der Waals surface area contributed by atoms with Crippen LogP contribution in [0.15, 0.2) is 46.3 Å². The maximum Gasteiger partial charge on any atom is 0.225 e. The van der Waals surface area contributed by atoms with Crippen LogP contribution in [-0.4, -0.2) is 66.0 Å². The number of carbonyl (C=O) groups excluding carboxylic acids is 1. The molecule has 1 aliphatic rings. The standard InChI is InChI=1S/C19H27N7O2/c1-2-20-18(24-15-16-5-3-14-28-16)21-9-6-17(27)25-10-12-26(13-11-25)19-22-7-4-8-23-19/h3-5,7-8,14H,2,6,9-13,15H2,1H3,(H2,20,21,24). The summed E-state index contributed by atoms with van der Waals surface area (Å²) in [5.74, 6) is 2.34. The van der Waals surface area contributed by atoms with Crippen LogP contribution in [0.4, 0.5) is 5.95 Å². The van der Waals surface area contributed by atoms with Crippen molar-refractivity contribution in [3.63, 3.8) is 0 Å². The number of nitrogens with one attached hydrogen (secondary N) is 2. The van der Waals surface area contributed by atoms with Gasteiger partial charge in [0.05, 0.1) is 6.26 Å². The number of nitrogens with zero attached hydrogens (tertiary/aromatic N) is 5. The van der Waals surface area contributed by atoms with Crippen molar-refractivity contribution in [1.82, 2.24) is 25.5 Å². The van der Waals surface area contributed by atoms with E-state index >= 15 is 0 Å². The van der Waals surface area contributed by atoms with Crippen LogP contribution in [-0.2, 0) is 11.3 Å². The highest BCUT2D eigenvalue weighted by molar-refractivity contribution is 5.81. The molecule has 1 fully saturated rings. The second kappa shape index (κ2) is 10.3. The first kappa shape index (κ1) is 19.7. The highest BCUT2D eigenvalue weighted by Gasteiger charge is 2.22. The minimum Gasteiger partial charge on any atom is -0.467 e. The number of amides is 1. The van der Waals surface area contributed by atoms with Gasteiger partial charge in [-0.3, -0.25) is 4.79 Å². The number of aliphatic imine (C=N–C) groups is 1. The molecule has 1 amide bonds. The molecule has 9 nitrogen and oxygen atoms in total. The maximum absolute atomic E-state index is 12.5. The van der Waals surface area contributed by atoms with E-state index in [0.717, 1.165) is 31.3 Å². The number of carbonyl (C=O) groups is 1. The van der Waals surface area contributed by atoms with E-state index in [9.17, 15) is 4.79 Å². The van der Waals surface area contributed by atoms with Crippen molar-refractivity contribution >= 4 is 17.8 Å². The van der Waals surface area contributed by atoms with E-state index < -0.39 is 0 Å². The van der Waals surface area contributed by atoms with Gasteiger partial charge in [0.1, 0.15) is 12.3 Å². The van der Waals surface area contributed by atoms with Crippen molar-refractivity contribution in [2.45, 2.75) is 19.9 Å². The molecule has 0 bridgehead atoms. The molecule has 2 aromatic heterocycles. The molecular formula is C19H27N7O2. The summed E-state index contributed by atoms with van der Waals surface area (Å²) in [6.45, 7) is 6.61. The minimum atomic E-state index is 0.142. The van der Waals surface area contributed by atoms with Crippen LogP contribution in [0.3, 0.4) is 0 Å². The zero-order valence-corrected chi connectivity index (χ0v) is 16.2. The summed E-state index contributed by atoms with van der Waals surface area (Å²) in [6.07, 6.45) is 5.53. The Kier molecular flexibility index (Phi) is 7.22. The predicted molar refractivity (Wildman–Crippen MR) is 107 cm³/mol. The number of rotatable bonds is 7. The predicted octanol–water partition coefficient (Wildman–Crippen LogP) is 0.864. The molecule has 3 rings (SSSR count). The van der Waals surface area contributed by atoms with Gasteiger partial charge < -0.3 is 24.9 Å². The van der Waals surface area contributed by atoms with Gasteiger partial charge in [0.25, 0.3) is 0 Å². The highest BCUT2D eigenvalue weighted by atomic mass is 16.3. The Hall–Kier alpha value is -3.10. The topological polar surface area (TPSA) is 98.9 Å². The van der Waals surface area contributed by atoms with Crippen LogP contribution in [0.25, 0.3) is 0 Å². The van der Waals surface area contributed by atoms with E-state index in [1.807, 2.05) is 24.0 Å². The van der Waals surface area contributed by atoms with Crippen molar-refractivity contribution in [3.8, 4) is 0 Å². The summed E-state index contributed by atoms with van der Waals surface area (Å²) in [7, 11) is 0. The highest BCUT2D eigenvalue weighted by Crippen LogP contribution is 2.10. The average molecular weight is 385 g/mol. The van der Waals surface area contributed by atoms with Gasteiger partial charge in [0.15, 0.2) is 5.96 Å². The Balaban J connectivity index is 1.40. The molecule has 1 aliphatic heterocycles. The summed E-state index contributed by atoms with van der Waals surface area (Å²) in [5.41, 5.74) is 0. The van der Waals surface area contributed by atoms with Gasteiger partial charge in [0, 0.05) is 58.1 Å². The monoisotopic (exact) mass is 385 g/mol. The zero-order valence-electron chi connectivity index (χ0n) is 16.2. The van der Waals surface area contributed by atoms with E-state index in [4.69, 9.17) is 4.42 Å². The van der Waals surface area contributed by atoms with Crippen LogP contribution in [0, 0.1) is 0 Å². The summed E-state index contributed by atoms with van der Waals surface area (Å²) in [5, 5.41) is 6.38. The van der Waals surface area contributed by atoms with Crippen molar-refractivity contribution in [3.05, 3.63) is 42.6 Å². The lowest BCUT2D eigenvalue weighted by Crippen LogP contribution is -2.50. The Bertz CT molecular complexity index is 741. The molecule has 3 heterocycles. The largest absolute Gasteiger partial charge is 0.467 e. The van der Waals surface area contributed by atoms with Crippen molar-refractivity contribution in [2.24, 2.45) is 4.99 Å². The molecule has 28 heavy (non-hydrogen) atoms. The average Bonchev–Trinajstić information content (AvgIpc) is 3.26. The second-order valence-corrected chi connectivity index (χ2v) is 6.37. The summed E-state index contributed by atoms with van der Waals surface area (Å²) >= 11 is 0. The molecule has 0 saturated carbocycles. The Morgan fingerprint density at radius 2 is 1.96 bits per heavy atom. The minimum absolute atomic E-state index is 0.142. The third-order valence-corrected chi connectivity index (χ3v) is 4.42. The Morgan fingerprint density at radius 3 is 2.64 bits per heavy atom. The smallest absolute Gasteiger partial charge is 0.225 e. The third-order valence-electron chi connectivity index (χ3n) is 4.42. The molecule has 0 atom stereocenters. The van der Waals surface area contributed by atoms with Crippen LogP contribution < -0.4 is 15.5 Å². The van der Waals surface area contributed by atoms with E-state index in [1.54, 1.807) is 24.7 Å². The van der Waals surface area contributed by atoms with E-state index in [2.05, 4.69) is 30.5 Å². The first-order valence-electron chi connectivity index (χ1n) is 9.60. The summed E-state index contributed by atoms with van der Waals surface area (Å²) in [4.78, 5) is 29.5. The quantitative estimate of drug-likeness (QED) is 0.539. The van der Waals surface area contributed by atoms with E-state index in [0.29, 0.717) is 38.6 Å². The summed E-state index contributed by atoms with van der Waals surface area (Å²) in [6, 6.07) is 5.53. The molecule has 150 valence electrons.